The number of hydrogen-bond donors (Lipinski definition) is 2. The van der Waals surface area contributed by atoms with Crippen molar-refractivity contribution in [2.75, 3.05) is 6.54 Å². The summed E-state index contributed by atoms with van der Waals surface area (Å²) < 4.78 is 40.0. The van der Waals surface area contributed by atoms with Gasteiger partial charge in [-0.2, -0.15) is 18.4 Å². The monoisotopic (exact) mass is 433 g/mol. The van der Waals surface area contributed by atoms with Gasteiger partial charge in [-0.15, -0.1) is 11.8 Å². The lowest BCUT2D eigenvalue weighted by Crippen LogP contribution is -2.45. The molecule has 25 heavy (non-hydrogen) atoms. The number of nitrogens with one attached hydrogen (secondary N) is 2. The average molecular weight is 434 g/mol. The van der Waals surface area contributed by atoms with Crippen LogP contribution in [0, 0.1) is 11.3 Å². The SMILES string of the molecule is N#CC1(NC(=O)[C@@H]2C[C@@H](Sc3ccc(Br)cc3C(F)(F)F)CN2)CC1. The molecule has 0 bridgehead atoms. The van der Waals surface area contributed by atoms with E-state index in [4.69, 9.17) is 5.26 Å². The second kappa shape index (κ2) is 6.82. The van der Waals surface area contributed by atoms with E-state index in [0.29, 0.717) is 30.3 Å². The van der Waals surface area contributed by atoms with Crippen LogP contribution < -0.4 is 10.6 Å². The average Bonchev–Trinajstić information content (AvgIpc) is 3.15. The molecule has 2 N–H and O–H groups in total. The summed E-state index contributed by atoms with van der Waals surface area (Å²) >= 11 is 4.20. The van der Waals surface area contributed by atoms with E-state index in [9.17, 15) is 18.0 Å². The van der Waals surface area contributed by atoms with E-state index in [1.807, 2.05) is 0 Å². The highest BCUT2D eigenvalue weighted by Gasteiger charge is 2.46. The van der Waals surface area contributed by atoms with E-state index in [-0.39, 0.29) is 16.1 Å². The Balaban J connectivity index is 1.64. The van der Waals surface area contributed by atoms with Crippen molar-refractivity contribution in [2.45, 2.75) is 47.2 Å². The largest absolute Gasteiger partial charge is 0.417 e. The van der Waals surface area contributed by atoms with Crippen LogP contribution in [0.5, 0.6) is 0 Å². The molecule has 0 unspecified atom stereocenters. The maximum atomic E-state index is 13.2. The number of carbonyl (C=O) groups is 1. The molecule has 0 aromatic heterocycles. The predicted octanol–water partition coefficient (Wildman–Crippen LogP) is 3.46. The molecule has 1 aromatic carbocycles. The molecule has 1 aliphatic carbocycles. The van der Waals surface area contributed by atoms with E-state index in [2.05, 4.69) is 32.6 Å². The van der Waals surface area contributed by atoms with Crippen molar-refractivity contribution in [3.8, 4) is 6.07 Å². The van der Waals surface area contributed by atoms with Crippen LogP contribution in [-0.2, 0) is 11.0 Å². The van der Waals surface area contributed by atoms with E-state index < -0.39 is 23.3 Å². The van der Waals surface area contributed by atoms with Crippen molar-refractivity contribution in [1.82, 2.24) is 10.6 Å². The number of alkyl halides is 3. The number of carbonyl (C=O) groups excluding carboxylic acids is 1. The van der Waals surface area contributed by atoms with Crippen LogP contribution in [0.15, 0.2) is 27.6 Å². The number of amides is 1. The predicted molar refractivity (Wildman–Crippen MR) is 90.9 cm³/mol. The van der Waals surface area contributed by atoms with Gasteiger partial charge < -0.3 is 10.6 Å². The van der Waals surface area contributed by atoms with Crippen molar-refractivity contribution in [3.63, 3.8) is 0 Å². The zero-order valence-corrected chi connectivity index (χ0v) is 15.4. The lowest BCUT2D eigenvalue weighted by atomic mass is 10.2. The number of benzene rings is 1. The van der Waals surface area contributed by atoms with Crippen LogP contribution in [0.1, 0.15) is 24.8 Å². The smallest absolute Gasteiger partial charge is 0.336 e. The Hall–Kier alpha value is -1.24. The van der Waals surface area contributed by atoms with E-state index >= 15 is 0 Å². The maximum Gasteiger partial charge on any atom is 0.417 e. The molecule has 1 heterocycles. The summed E-state index contributed by atoms with van der Waals surface area (Å²) in [5, 5.41) is 14.6. The first-order valence-corrected chi connectivity index (χ1v) is 9.40. The van der Waals surface area contributed by atoms with E-state index in [0.717, 1.165) is 17.8 Å². The van der Waals surface area contributed by atoms with Crippen LogP contribution >= 0.6 is 27.7 Å². The van der Waals surface area contributed by atoms with Gasteiger partial charge in [-0.3, -0.25) is 4.79 Å². The Bertz CT molecular complexity index is 730. The lowest BCUT2D eigenvalue weighted by Gasteiger charge is -2.16. The van der Waals surface area contributed by atoms with Gasteiger partial charge in [0.1, 0.15) is 5.54 Å². The number of nitrogens with zero attached hydrogens (tertiary/aromatic N) is 1. The Morgan fingerprint density at radius 3 is 2.76 bits per heavy atom. The van der Waals surface area contributed by atoms with Gasteiger partial charge in [-0.05, 0) is 37.5 Å². The van der Waals surface area contributed by atoms with Crippen molar-refractivity contribution in [1.29, 1.82) is 5.26 Å². The van der Waals surface area contributed by atoms with Gasteiger partial charge in [-0.1, -0.05) is 15.9 Å². The molecule has 134 valence electrons. The van der Waals surface area contributed by atoms with Crippen molar-refractivity contribution < 1.29 is 18.0 Å². The molecule has 1 amide bonds. The standard InChI is InChI=1S/C16H15BrF3N3OS/c17-9-1-2-13(11(5-9)16(18,19)20)25-10-6-12(22-7-10)14(24)23-15(8-21)3-4-15/h1-2,5,10,12,22H,3-4,6-7H2,(H,23,24)/t10-,12+/m1/s1. The molecular weight excluding hydrogens is 419 g/mol. The summed E-state index contributed by atoms with van der Waals surface area (Å²) in [6, 6.07) is 5.70. The van der Waals surface area contributed by atoms with Gasteiger partial charge in [0, 0.05) is 21.2 Å². The van der Waals surface area contributed by atoms with Crippen molar-refractivity contribution >= 4 is 33.6 Å². The fraction of sp³-hybridized carbons (Fsp3) is 0.500. The van der Waals surface area contributed by atoms with Crippen molar-refractivity contribution in [2.24, 2.45) is 0 Å². The molecule has 4 nitrogen and oxygen atoms in total. The van der Waals surface area contributed by atoms with Gasteiger partial charge in [0.25, 0.3) is 0 Å². The Morgan fingerprint density at radius 1 is 1.44 bits per heavy atom. The third-order valence-electron chi connectivity index (χ3n) is 4.27. The number of nitriles is 1. The molecule has 1 aliphatic heterocycles. The molecule has 2 aliphatic rings. The van der Waals surface area contributed by atoms with Crippen molar-refractivity contribution in [3.05, 3.63) is 28.2 Å². The minimum atomic E-state index is -4.43. The highest BCUT2D eigenvalue weighted by Crippen LogP contribution is 2.41. The van der Waals surface area contributed by atoms with Crippen LogP contribution in [0.2, 0.25) is 0 Å². The minimum absolute atomic E-state index is 0.143. The van der Waals surface area contributed by atoms with Gasteiger partial charge in [0.05, 0.1) is 17.7 Å². The minimum Gasteiger partial charge on any atom is -0.336 e. The quantitative estimate of drug-likeness (QED) is 0.762. The molecule has 2 atom stereocenters. The fourth-order valence-corrected chi connectivity index (χ4v) is 4.35. The number of halogens is 4. The van der Waals surface area contributed by atoms with Gasteiger partial charge >= 0.3 is 6.18 Å². The third kappa shape index (κ3) is 4.30. The molecule has 9 heteroatoms. The number of rotatable bonds is 4. The summed E-state index contributed by atoms with van der Waals surface area (Å²) in [6.07, 6.45) is -2.71. The van der Waals surface area contributed by atoms with Crippen LogP contribution in [0.25, 0.3) is 0 Å². The summed E-state index contributed by atoms with van der Waals surface area (Å²) in [7, 11) is 0. The fourth-order valence-electron chi connectivity index (χ4n) is 2.71. The summed E-state index contributed by atoms with van der Waals surface area (Å²) in [5.41, 5.74) is -1.42. The van der Waals surface area contributed by atoms with Crippen LogP contribution in [0.3, 0.4) is 0 Å². The molecule has 0 spiro atoms. The molecular formula is C16H15BrF3N3OS. The lowest BCUT2D eigenvalue weighted by molar-refractivity contribution is -0.139. The molecule has 1 saturated carbocycles. The topological polar surface area (TPSA) is 64.9 Å². The Kier molecular flexibility index (Phi) is 5.06. The van der Waals surface area contributed by atoms with E-state index in [1.165, 1.54) is 6.07 Å². The zero-order valence-electron chi connectivity index (χ0n) is 13.0. The molecule has 0 radical (unpaired) electrons. The number of hydrogen-bond acceptors (Lipinski definition) is 4. The normalized spacial score (nSPS) is 24.6. The van der Waals surface area contributed by atoms with Crippen LogP contribution in [0.4, 0.5) is 13.2 Å². The third-order valence-corrected chi connectivity index (χ3v) is 6.07. The van der Waals surface area contributed by atoms with E-state index in [1.54, 1.807) is 6.07 Å². The first-order chi connectivity index (χ1) is 11.7. The highest BCUT2D eigenvalue weighted by atomic mass is 79.9. The Morgan fingerprint density at radius 2 is 2.16 bits per heavy atom. The van der Waals surface area contributed by atoms with Crippen LogP contribution in [-0.4, -0.2) is 29.3 Å². The molecule has 1 aromatic rings. The van der Waals surface area contributed by atoms with Gasteiger partial charge in [0.2, 0.25) is 5.91 Å². The maximum absolute atomic E-state index is 13.2. The molecule has 2 fully saturated rings. The zero-order chi connectivity index (χ0) is 18.2. The highest BCUT2D eigenvalue weighted by molar-refractivity contribution is 9.10. The first-order valence-electron chi connectivity index (χ1n) is 7.72. The molecule has 3 rings (SSSR count). The number of thioether (sulfide) groups is 1. The Labute approximate surface area is 155 Å². The summed E-state index contributed by atoms with van der Waals surface area (Å²) in [4.78, 5) is 12.4. The second-order valence-electron chi connectivity index (χ2n) is 6.26. The second-order valence-corrected chi connectivity index (χ2v) is 8.52. The first kappa shape index (κ1) is 18.5. The van der Waals surface area contributed by atoms with Gasteiger partial charge in [0.15, 0.2) is 0 Å². The summed E-state index contributed by atoms with van der Waals surface area (Å²) in [5.74, 6) is -0.256. The molecule has 1 saturated heterocycles. The van der Waals surface area contributed by atoms with Gasteiger partial charge in [-0.25, -0.2) is 0 Å². The summed E-state index contributed by atoms with van der Waals surface area (Å²) in [6.45, 7) is 0.440.